The molecule has 0 spiro atoms. The predicted molar refractivity (Wildman–Crippen MR) is 109 cm³/mol. The largest absolute Gasteiger partial charge is 0.508 e. The Morgan fingerprint density at radius 2 is 1.78 bits per heavy atom. The fraction of sp³-hybridized carbons (Fsp3) is 0.182. The molecule has 0 aromatic heterocycles. The molecule has 3 rings (SSSR count). The summed E-state index contributed by atoms with van der Waals surface area (Å²) >= 11 is 6.45. The molecule has 0 radical (unpaired) electrons. The van der Waals surface area contributed by atoms with Crippen LogP contribution >= 0.6 is 11.6 Å². The summed E-state index contributed by atoms with van der Waals surface area (Å²) in [7, 11) is 1.60. The van der Waals surface area contributed by atoms with Gasteiger partial charge in [0.2, 0.25) is 0 Å². The number of rotatable bonds is 7. The highest BCUT2D eigenvalue weighted by molar-refractivity contribution is 6.32. The summed E-state index contributed by atoms with van der Waals surface area (Å²) in [6.07, 6.45) is 0. The van der Waals surface area contributed by atoms with E-state index >= 15 is 0 Å². The van der Waals surface area contributed by atoms with Gasteiger partial charge in [-0.3, -0.25) is 0 Å². The number of halogens is 1. The summed E-state index contributed by atoms with van der Waals surface area (Å²) in [6.45, 7) is 3.04. The van der Waals surface area contributed by atoms with Crippen LogP contribution in [0, 0.1) is 6.92 Å². The van der Waals surface area contributed by atoms with Crippen molar-refractivity contribution in [3.05, 3.63) is 82.4 Å². The molecule has 0 atom stereocenters. The Morgan fingerprint density at radius 3 is 2.48 bits per heavy atom. The van der Waals surface area contributed by atoms with Crippen molar-refractivity contribution in [2.45, 2.75) is 20.1 Å². The minimum Gasteiger partial charge on any atom is -0.508 e. The lowest BCUT2D eigenvalue weighted by atomic mass is 10.1. The first-order chi connectivity index (χ1) is 13.0. The molecular weight excluding hydrogens is 362 g/mol. The van der Waals surface area contributed by atoms with E-state index in [1.807, 2.05) is 49.4 Å². The number of aryl methyl sites for hydroxylation is 1. The summed E-state index contributed by atoms with van der Waals surface area (Å²) < 4.78 is 11.4. The van der Waals surface area contributed by atoms with E-state index in [1.165, 1.54) is 5.56 Å². The van der Waals surface area contributed by atoms with Gasteiger partial charge in [0.1, 0.15) is 12.4 Å². The molecule has 0 aliphatic heterocycles. The average molecular weight is 384 g/mol. The van der Waals surface area contributed by atoms with Crippen molar-refractivity contribution in [3.63, 3.8) is 0 Å². The number of hydrogen-bond acceptors (Lipinski definition) is 4. The second kappa shape index (κ2) is 8.69. The average Bonchev–Trinajstić information content (AvgIpc) is 2.66. The normalized spacial score (nSPS) is 10.5. The van der Waals surface area contributed by atoms with Crippen LogP contribution in [0.5, 0.6) is 17.2 Å². The maximum atomic E-state index is 9.35. The number of hydrogen-bond donors (Lipinski definition) is 2. The smallest absolute Gasteiger partial charge is 0.180 e. The third-order valence-corrected chi connectivity index (χ3v) is 4.40. The molecule has 0 aliphatic carbocycles. The van der Waals surface area contributed by atoms with E-state index in [0.717, 1.165) is 16.8 Å². The Kier molecular flexibility index (Phi) is 6.09. The summed E-state index contributed by atoms with van der Waals surface area (Å²) in [4.78, 5) is 0. The molecule has 140 valence electrons. The molecule has 0 heterocycles. The van der Waals surface area contributed by atoms with E-state index < -0.39 is 0 Å². The number of phenols is 1. The van der Waals surface area contributed by atoms with Gasteiger partial charge >= 0.3 is 0 Å². The third-order valence-electron chi connectivity index (χ3n) is 4.12. The van der Waals surface area contributed by atoms with Gasteiger partial charge in [-0.15, -0.1) is 0 Å². The SMILES string of the molecule is COc1cc(CNc2ccc(O)cc2)cc(Cl)c1OCc1cccc(C)c1. The minimum atomic E-state index is 0.236. The van der Waals surface area contributed by atoms with Gasteiger partial charge in [0.05, 0.1) is 12.1 Å². The first-order valence-corrected chi connectivity index (χ1v) is 9.00. The Hall–Kier alpha value is -2.85. The van der Waals surface area contributed by atoms with E-state index in [4.69, 9.17) is 21.1 Å². The fourth-order valence-corrected chi connectivity index (χ4v) is 3.04. The Bertz CT molecular complexity index is 910. The van der Waals surface area contributed by atoms with Gasteiger partial charge in [-0.05, 0) is 54.4 Å². The first kappa shape index (κ1) is 18.9. The van der Waals surface area contributed by atoms with Crippen molar-refractivity contribution in [1.29, 1.82) is 0 Å². The van der Waals surface area contributed by atoms with E-state index in [-0.39, 0.29) is 5.75 Å². The monoisotopic (exact) mass is 383 g/mol. The van der Waals surface area contributed by atoms with Crippen LogP contribution in [0.3, 0.4) is 0 Å². The van der Waals surface area contributed by atoms with Gasteiger partial charge < -0.3 is 19.9 Å². The number of methoxy groups -OCH3 is 1. The van der Waals surface area contributed by atoms with Gasteiger partial charge in [-0.2, -0.15) is 0 Å². The summed E-state index contributed by atoms with van der Waals surface area (Å²) in [6, 6.07) is 18.8. The number of ether oxygens (including phenoxy) is 2. The quantitative estimate of drug-likeness (QED) is 0.525. The Morgan fingerprint density at radius 1 is 1.00 bits per heavy atom. The summed E-state index contributed by atoms with van der Waals surface area (Å²) in [5, 5.41) is 13.1. The van der Waals surface area contributed by atoms with Crippen molar-refractivity contribution < 1.29 is 14.6 Å². The van der Waals surface area contributed by atoms with Crippen LogP contribution < -0.4 is 14.8 Å². The van der Waals surface area contributed by atoms with E-state index in [9.17, 15) is 5.11 Å². The molecule has 0 bridgehead atoms. The molecule has 0 amide bonds. The molecule has 2 N–H and O–H groups in total. The fourth-order valence-electron chi connectivity index (χ4n) is 2.76. The van der Waals surface area contributed by atoms with Crippen LogP contribution in [-0.4, -0.2) is 12.2 Å². The molecule has 27 heavy (non-hydrogen) atoms. The zero-order valence-electron chi connectivity index (χ0n) is 15.3. The zero-order chi connectivity index (χ0) is 19.2. The first-order valence-electron chi connectivity index (χ1n) is 8.63. The molecular formula is C22H22ClNO3. The minimum absolute atomic E-state index is 0.236. The highest BCUT2D eigenvalue weighted by Crippen LogP contribution is 2.37. The molecule has 3 aromatic rings. The number of phenolic OH excluding ortho intramolecular Hbond substituents is 1. The molecule has 0 saturated heterocycles. The van der Waals surface area contributed by atoms with Crippen LogP contribution in [-0.2, 0) is 13.2 Å². The summed E-state index contributed by atoms with van der Waals surface area (Å²) in [5.41, 5.74) is 4.13. The van der Waals surface area contributed by atoms with Crippen LogP contribution in [0.2, 0.25) is 5.02 Å². The topological polar surface area (TPSA) is 50.7 Å². The lowest BCUT2D eigenvalue weighted by molar-refractivity contribution is 0.284. The van der Waals surface area contributed by atoms with Crippen molar-refractivity contribution >= 4 is 17.3 Å². The van der Waals surface area contributed by atoms with Gasteiger partial charge in [-0.25, -0.2) is 0 Å². The van der Waals surface area contributed by atoms with Crippen LogP contribution in [0.4, 0.5) is 5.69 Å². The van der Waals surface area contributed by atoms with Crippen LogP contribution in [0.25, 0.3) is 0 Å². The van der Waals surface area contributed by atoms with Crippen molar-refractivity contribution in [3.8, 4) is 17.2 Å². The molecule has 0 aliphatic rings. The molecule has 0 unspecified atom stereocenters. The zero-order valence-corrected chi connectivity index (χ0v) is 16.1. The molecule has 5 heteroatoms. The van der Waals surface area contributed by atoms with Gasteiger partial charge in [-0.1, -0.05) is 41.4 Å². The number of anilines is 1. The van der Waals surface area contributed by atoms with Gasteiger partial charge in [0.25, 0.3) is 0 Å². The van der Waals surface area contributed by atoms with Crippen molar-refractivity contribution in [2.24, 2.45) is 0 Å². The molecule has 0 saturated carbocycles. The molecule has 3 aromatic carbocycles. The van der Waals surface area contributed by atoms with Crippen molar-refractivity contribution in [2.75, 3.05) is 12.4 Å². The second-order valence-electron chi connectivity index (χ2n) is 6.29. The van der Waals surface area contributed by atoms with Crippen molar-refractivity contribution in [1.82, 2.24) is 0 Å². The van der Waals surface area contributed by atoms with Crippen LogP contribution in [0.1, 0.15) is 16.7 Å². The highest BCUT2D eigenvalue weighted by atomic mass is 35.5. The lowest BCUT2D eigenvalue weighted by Crippen LogP contribution is -2.02. The maximum absolute atomic E-state index is 9.35. The number of nitrogens with one attached hydrogen (secondary N) is 1. The summed E-state index contributed by atoms with van der Waals surface area (Å²) in [5.74, 6) is 1.37. The molecule has 0 fully saturated rings. The lowest BCUT2D eigenvalue weighted by Gasteiger charge is -2.15. The second-order valence-corrected chi connectivity index (χ2v) is 6.69. The van der Waals surface area contributed by atoms with Gasteiger partial charge in [0, 0.05) is 12.2 Å². The van der Waals surface area contributed by atoms with E-state index in [0.29, 0.717) is 29.7 Å². The highest BCUT2D eigenvalue weighted by Gasteiger charge is 2.12. The third kappa shape index (κ3) is 5.08. The number of benzene rings is 3. The number of aromatic hydroxyl groups is 1. The van der Waals surface area contributed by atoms with Crippen LogP contribution in [0.15, 0.2) is 60.7 Å². The van der Waals surface area contributed by atoms with Gasteiger partial charge in [0.15, 0.2) is 11.5 Å². The molecule has 4 nitrogen and oxygen atoms in total. The van der Waals surface area contributed by atoms with E-state index in [1.54, 1.807) is 19.2 Å². The Balaban J connectivity index is 1.71. The van der Waals surface area contributed by atoms with E-state index in [2.05, 4.69) is 11.4 Å². The maximum Gasteiger partial charge on any atom is 0.180 e. The standard InChI is InChI=1S/C22H22ClNO3/c1-15-4-3-5-16(10-15)14-27-22-20(23)11-17(12-21(22)26-2)13-24-18-6-8-19(25)9-7-18/h3-12,24-25H,13-14H2,1-2H3. The predicted octanol–water partition coefficient (Wildman–Crippen LogP) is 5.55. The Labute approximate surface area is 164 Å².